The first-order valence-corrected chi connectivity index (χ1v) is 9.34. The Labute approximate surface area is 142 Å². The molecule has 7 nitrogen and oxygen atoms in total. The molecule has 3 rings (SSSR count). The van der Waals surface area contributed by atoms with Crippen molar-refractivity contribution in [2.45, 2.75) is 38.4 Å². The predicted octanol–water partition coefficient (Wildman–Crippen LogP) is 2.49. The van der Waals surface area contributed by atoms with Crippen LogP contribution in [0.1, 0.15) is 31.2 Å². The van der Waals surface area contributed by atoms with Crippen molar-refractivity contribution in [3.8, 4) is 0 Å². The van der Waals surface area contributed by atoms with Crippen LogP contribution in [-0.2, 0) is 24.1 Å². The van der Waals surface area contributed by atoms with E-state index in [1.165, 1.54) is 0 Å². The molecule has 1 aliphatic carbocycles. The SMILES string of the molecule is Cc1ccc(NOO)cc1I=C1C(=O)OC2(CCCC2)OC1=O. The Hall–Kier alpha value is -1.52. The van der Waals surface area contributed by atoms with Gasteiger partial charge in [0.05, 0.1) is 5.69 Å². The van der Waals surface area contributed by atoms with Crippen molar-refractivity contribution in [1.29, 1.82) is 0 Å². The van der Waals surface area contributed by atoms with Crippen LogP contribution in [0.2, 0.25) is 0 Å². The summed E-state index contributed by atoms with van der Waals surface area (Å²) in [5.41, 5.74) is 3.77. The van der Waals surface area contributed by atoms with Gasteiger partial charge in [-0.1, -0.05) is 26.8 Å². The monoisotopic (exact) mass is 433 g/mol. The Morgan fingerprint density at radius 2 is 1.87 bits per heavy atom. The summed E-state index contributed by atoms with van der Waals surface area (Å²) < 4.78 is 11.8. The van der Waals surface area contributed by atoms with Gasteiger partial charge in [-0.2, -0.15) is 0 Å². The van der Waals surface area contributed by atoms with E-state index in [9.17, 15) is 9.59 Å². The van der Waals surface area contributed by atoms with Crippen molar-refractivity contribution >= 4 is 41.9 Å². The number of esters is 2. The summed E-state index contributed by atoms with van der Waals surface area (Å²) in [5.74, 6) is -2.16. The van der Waals surface area contributed by atoms with Gasteiger partial charge in [0.1, 0.15) is 0 Å². The maximum atomic E-state index is 12.3. The number of hydrogen-bond acceptors (Lipinski definition) is 7. The minimum atomic E-state index is -1.07. The van der Waals surface area contributed by atoms with Crippen molar-refractivity contribution in [2.24, 2.45) is 0 Å². The summed E-state index contributed by atoms with van der Waals surface area (Å²) in [6.07, 6.45) is 2.92. The Balaban J connectivity index is 1.89. The van der Waals surface area contributed by atoms with Crippen LogP contribution >= 0.6 is 20.7 Å². The van der Waals surface area contributed by atoms with Crippen molar-refractivity contribution in [1.82, 2.24) is 0 Å². The summed E-state index contributed by atoms with van der Waals surface area (Å²) in [6, 6.07) is 5.26. The maximum absolute atomic E-state index is 12.3. The van der Waals surface area contributed by atoms with Gasteiger partial charge in [0.15, 0.2) is 3.51 Å². The molecule has 0 atom stereocenters. The molecule has 0 bridgehead atoms. The van der Waals surface area contributed by atoms with Gasteiger partial charge in [0.2, 0.25) is 0 Å². The second kappa shape index (κ2) is 6.54. The number of aryl methyl sites for hydroxylation is 1. The number of carbonyl (C=O) groups excluding carboxylic acids is 2. The molecular formula is C15H16INO6. The topological polar surface area (TPSA) is 94.1 Å². The third-order valence-corrected chi connectivity index (χ3v) is 6.98. The molecule has 2 N–H and O–H groups in total. The second-order valence-electron chi connectivity index (χ2n) is 5.46. The van der Waals surface area contributed by atoms with Gasteiger partial charge in [-0.3, -0.25) is 0 Å². The molecule has 1 saturated heterocycles. The van der Waals surface area contributed by atoms with Crippen LogP contribution in [0.3, 0.4) is 0 Å². The number of nitrogens with one attached hydrogen (secondary N) is 1. The number of rotatable bonds is 3. The van der Waals surface area contributed by atoms with Crippen LogP contribution in [0.5, 0.6) is 0 Å². The van der Waals surface area contributed by atoms with E-state index in [0.717, 1.165) is 22.0 Å². The largest absolute Gasteiger partial charge is 0.418 e. The molecule has 0 radical (unpaired) electrons. The zero-order valence-electron chi connectivity index (χ0n) is 12.4. The zero-order valence-corrected chi connectivity index (χ0v) is 14.6. The van der Waals surface area contributed by atoms with E-state index in [4.69, 9.17) is 14.7 Å². The maximum Gasteiger partial charge on any atom is 0.354 e. The number of anilines is 1. The number of hydrogen-bond donors (Lipinski definition) is 2. The molecule has 2 fully saturated rings. The summed E-state index contributed by atoms with van der Waals surface area (Å²) in [7, 11) is 0. The van der Waals surface area contributed by atoms with Gasteiger partial charge >= 0.3 is 11.9 Å². The second-order valence-corrected chi connectivity index (χ2v) is 8.24. The van der Waals surface area contributed by atoms with Gasteiger partial charge in [-0.25, -0.2) is 20.3 Å². The summed E-state index contributed by atoms with van der Waals surface area (Å²) in [5, 5.41) is 8.45. The average molecular weight is 433 g/mol. The van der Waals surface area contributed by atoms with E-state index in [1.807, 2.05) is 13.0 Å². The molecule has 1 spiro atoms. The highest BCUT2D eigenvalue weighted by Gasteiger charge is 2.48. The molecule has 1 aliphatic heterocycles. The first-order valence-electron chi connectivity index (χ1n) is 7.18. The Kier molecular flexibility index (Phi) is 4.64. The Morgan fingerprint density at radius 3 is 2.48 bits per heavy atom. The first kappa shape index (κ1) is 16.3. The molecule has 1 saturated carbocycles. The standard InChI is InChI=1S/C15H16INO6/c1-9-4-5-10(17-23-20)8-11(9)16-12-13(18)21-15(22-14(12)19)6-2-3-7-15/h4-5,8,17,20H,2-3,6-7H2,1H3. The summed E-state index contributed by atoms with van der Waals surface area (Å²) in [4.78, 5) is 28.4. The van der Waals surface area contributed by atoms with E-state index in [1.54, 1.807) is 12.1 Å². The van der Waals surface area contributed by atoms with Crippen LogP contribution < -0.4 is 5.48 Å². The van der Waals surface area contributed by atoms with Crippen LogP contribution in [-0.4, -0.2) is 26.5 Å². The Bertz CT molecular complexity index is 659. The zero-order chi connectivity index (χ0) is 16.4. The lowest BCUT2D eigenvalue weighted by molar-refractivity contribution is -0.224. The molecule has 0 amide bonds. The number of carbonyl (C=O) groups is 2. The van der Waals surface area contributed by atoms with Crippen molar-refractivity contribution in [2.75, 3.05) is 5.48 Å². The number of benzene rings is 1. The van der Waals surface area contributed by atoms with Gasteiger partial charge in [-0.05, 0) is 37.5 Å². The molecule has 124 valence electrons. The van der Waals surface area contributed by atoms with Crippen LogP contribution in [0.15, 0.2) is 18.2 Å². The lowest BCUT2D eigenvalue weighted by Crippen LogP contribution is -2.48. The summed E-state index contributed by atoms with van der Waals surface area (Å²) >= 11 is -1.07. The molecule has 1 aromatic carbocycles. The first-order chi connectivity index (χ1) is 11.0. The van der Waals surface area contributed by atoms with E-state index < -0.39 is 38.5 Å². The van der Waals surface area contributed by atoms with Crippen molar-refractivity contribution in [3.05, 3.63) is 27.3 Å². The normalized spacial score (nSPS) is 19.7. The summed E-state index contributed by atoms with van der Waals surface area (Å²) in [6.45, 7) is 1.89. The third-order valence-electron chi connectivity index (χ3n) is 3.81. The van der Waals surface area contributed by atoms with Crippen LogP contribution in [0.4, 0.5) is 5.69 Å². The van der Waals surface area contributed by atoms with Gasteiger partial charge in [0.25, 0.3) is 5.79 Å². The van der Waals surface area contributed by atoms with Gasteiger partial charge in [-0.15, -0.1) is 4.99 Å². The highest BCUT2D eigenvalue weighted by atomic mass is 127. The fourth-order valence-corrected chi connectivity index (χ4v) is 4.98. The van der Waals surface area contributed by atoms with E-state index in [2.05, 4.69) is 10.5 Å². The van der Waals surface area contributed by atoms with E-state index in [0.29, 0.717) is 18.5 Å². The lowest BCUT2D eigenvalue weighted by Gasteiger charge is -2.32. The third kappa shape index (κ3) is 3.38. The van der Waals surface area contributed by atoms with Gasteiger partial charge in [0, 0.05) is 16.4 Å². The molecule has 1 aromatic rings. The molecule has 2 aliphatic rings. The van der Waals surface area contributed by atoms with Gasteiger partial charge < -0.3 is 9.47 Å². The molecular weight excluding hydrogens is 417 g/mol. The van der Waals surface area contributed by atoms with Crippen LogP contribution in [0.25, 0.3) is 0 Å². The average Bonchev–Trinajstić information content (AvgIpc) is 2.94. The van der Waals surface area contributed by atoms with Crippen LogP contribution in [0, 0.1) is 10.5 Å². The minimum Gasteiger partial charge on any atom is -0.418 e. The minimum absolute atomic E-state index is 0.0893. The fraction of sp³-hybridized carbons (Fsp3) is 0.400. The van der Waals surface area contributed by atoms with Crippen molar-refractivity contribution in [3.63, 3.8) is 0 Å². The highest BCUT2D eigenvalue weighted by molar-refractivity contribution is 14.2. The molecule has 0 unspecified atom stereocenters. The molecule has 8 heteroatoms. The predicted molar refractivity (Wildman–Crippen MR) is 89.6 cm³/mol. The smallest absolute Gasteiger partial charge is 0.354 e. The number of ether oxygens (including phenoxy) is 2. The van der Waals surface area contributed by atoms with E-state index in [-0.39, 0.29) is 3.51 Å². The quantitative estimate of drug-likeness (QED) is 0.328. The van der Waals surface area contributed by atoms with Crippen molar-refractivity contribution < 1.29 is 29.3 Å². The highest BCUT2D eigenvalue weighted by Crippen LogP contribution is 2.38. The molecule has 1 heterocycles. The molecule has 23 heavy (non-hydrogen) atoms. The fourth-order valence-electron chi connectivity index (χ4n) is 2.64. The molecule has 0 aromatic heterocycles. The van der Waals surface area contributed by atoms with E-state index >= 15 is 0 Å². The number of halogens is 1. The Morgan fingerprint density at radius 1 is 1.22 bits per heavy atom. The lowest BCUT2D eigenvalue weighted by atomic mass is 10.2.